The van der Waals surface area contributed by atoms with Crippen molar-refractivity contribution < 1.29 is 19.1 Å². The Bertz CT molecular complexity index is 187. The zero-order valence-corrected chi connectivity index (χ0v) is 7.25. The molecular formula is C8H12O4. The van der Waals surface area contributed by atoms with Gasteiger partial charge in [-0.2, -0.15) is 0 Å². The molecule has 0 radical (unpaired) electrons. The molecule has 0 aromatic carbocycles. The maximum Gasteiger partial charge on any atom is 0.309 e. The molecule has 0 bridgehead atoms. The Morgan fingerprint density at radius 1 is 1.08 bits per heavy atom. The van der Waals surface area contributed by atoms with Crippen LogP contribution in [-0.4, -0.2) is 17.7 Å². The van der Waals surface area contributed by atoms with Crippen molar-refractivity contribution in [2.24, 2.45) is 0 Å². The van der Waals surface area contributed by atoms with Crippen LogP contribution in [0.4, 0.5) is 0 Å². The summed E-state index contributed by atoms with van der Waals surface area (Å²) >= 11 is 0. The Labute approximate surface area is 70.8 Å². The Kier molecular flexibility index (Phi) is 2.35. The molecule has 0 aliphatic carbocycles. The third-order valence-electron chi connectivity index (χ3n) is 1.48. The van der Waals surface area contributed by atoms with E-state index in [1.165, 1.54) is 0 Å². The molecule has 12 heavy (non-hydrogen) atoms. The fourth-order valence-electron chi connectivity index (χ4n) is 1.05. The molecular weight excluding hydrogens is 160 g/mol. The van der Waals surface area contributed by atoms with Crippen LogP contribution in [0.2, 0.25) is 0 Å². The van der Waals surface area contributed by atoms with Gasteiger partial charge in [0.1, 0.15) is 0 Å². The van der Waals surface area contributed by atoms with E-state index in [1.54, 1.807) is 13.8 Å². The molecule has 1 aliphatic heterocycles. The highest BCUT2D eigenvalue weighted by atomic mass is 16.7. The van der Waals surface area contributed by atoms with Crippen LogP contribution in [-0.2, 0) is 19.1 Å². The molecule has 0 amide bonds. The van der Waals surface area contributed by atoms with Crippen molar-refractivity contribution in [2.75, 3.05) is 0 Å². The molecule has 1 saturated heterocycles. The van der Waals surface area contributed by atoms with Crippen molar-refractivity contribution in [3.63, 3.8) is 0 Å². The van der Waals surface area contributed by atoms with Gasteiger partial charge in [0.15, 0.2) is 0 Å². The summed E-state index contributed by atoms with van der Waals surface area (Å²) in [5.41, 5.74) is 0. The summed E-state index contributed by atoms with van der Waals surface area (Å²) in [4.78, 5) is 21.9. The molecule has 0 N–H and O–H groups in total. The standard InChI is InChI=1S/C8H12O4/c1-8(2)11-6(9)4-3-5-7(10)12-8/h3-5H2,1-2H3. The predicted molar refractivity (Wildman–Crippen MR) is 40.1 cm³/mol. The fraction of sp³-hybridized carbons (Fsp3) is 0.750. The molecule has 0 atom stereocenters. The largest absolute Gasteiger partial charge is 0.423 e. The van der Waals surface area contributed by atoms with Crippen molar-refractivity contribution >= 4 is 11.9 Å². The second-order valence-electron chi connectivity index (χ2n) is 3.20. The summed E-state index contributed by atoms with van der Waals surface area (Å²) in [7, 11) is 0. The first-order chi connectivity index (χ1) is 5.49. The molecule has 0 unspecified atom stereocenters. The van der Waals surface area contributed by atoms with Crippen molar-refractivity contribution in [2.45, 2.75) is 38.9 Å². The minimum atomic E-state index is -1.10. The maximum absolute atomic E-state index is 10.9. The van der Waals surface area contributed by atoms with Crippen molar-refractivity contribution in [3.05, 3.63) is 0 Å². The second-order valence-corrected chi connectivity index (χ2v) is 3.20. The molecule has 4 nitrogen and oxygen atoms in total. The van der Waals surface area contributed by atoms with E-state index < -0.39 is 5.79 Å². The summed E-state index contributed by atoms with van der Waals surface area (Å²) in [6, 6.07) is 0. The topological polar surface area (TPSA) is 52.6 Å². The van der Waals surface area contributed by atoms with Gasteiger partial charge in [0.25, 0.3) is 5.79 Å². The van der Waals surface area contributed by atoms with Crippen molar-refractivity contribution in [1.82, 2.24) is 0 Å². The van der Waals surface area contributed by atoms with Crippen LogP contribution in [0.15, 0.2) is 0 Å². The fourth-order valence-corrected chi connectivity index (χ4v) is 1.05. The zero-order chi connectivity index (χ0) is 9.19. The Hall–Kier alpha value is -1.06. The molecule has 1 rings (SSSR count). The molecule has 0 aromatic heterocycles. The van der Waals surface area contributed by atoms with Gasteiger partial charge in [-0.15, -0.1) is 0 Å². The van der Waals surface area contributed by atoms with Crippen molar-refractivity contribution in [1.29, 1.82) is 0 Å². The maximum atomic E-state index is 10.9. The zero-order valence-electron chi connectivity index (χ0n) is 7.25. The molecule has 4 heteroatoms. The normalized spacial score (nSPS) is 23.5. The van der Waals surface area contributed by atoms with Crippen molar-refractivity contribution in [3.8, 4) is 0 Å². The smallest absolute Gasteiger partial charge is 0.309 e. The van der Waals surface area contributed by atoms with Crippen LogP contribution in [0.25, 0.3) is 0 Å². The molecule has 68 valence electrons. The summed E-state index contributed by atoms with van der Waals surface area (Å²) in [6.45, 7) is 3.10. The average Bonchev–Trinajstić information content (AvgIpc) is 1.81. The highest BCUT2D eigenvalue weighted by molar-refractivity contribution is 5.74. The SMILES string of the molecule is CC1(C)OC(=O)CCCC(=O)O1. The van der Waals surface area contributed by atoms with Crippen LogP contribution in [0.1, 0.15) is 33.1 Å². The number of hydrogen-bond acceptors (Lipinski definition) is 4. The Morgan fingerprint density at radius 2 is 1.50 bits per heavy atom. The van der Waals surface area contributed by atoms with E-state index in [4.69, 9.17) is 9.47 Å². The van der Waals surface area contributed by atoms with Gasteiger partial charge in [0.05, 0.1) is 0 Å². The van der Waals surface area contributed by atoms with Crippen LogP contribution < -0.4 is 0 Å². The Morgan fingerprint density at radius 3 is 1.92 bits per heavy atom. The van der Waals surface area contributed by atoms with Gasteiger partial charge in [-0.05, 0) is 6.42 Å². The quantitative estimate of drug-likeness (QED) is 0.511. The van der Waals surface area contributed by atoms with E-state index in [2.05, 4.69) is 0 Å². The van der Waals surface area contributed by atoms with Gasteiger partial charge < -0.3 is 9.47 Å². The third kappa shape index (κ3) is 2.53. The predicted octanol–water partition coefficient (Wildman–Crippen LogP) is 0.993. The number of carbonyl (C=O) groups is 2. The average molecular weight is 172 g/mol. The van der Waals surface area contributed by atoms with E-state index in [0.29, 0.717) is 19.3 Å². The number of esters is 2. The van der Waals surface area contributed by atoms with Gasteiger partial charge in [-0.3, -0.25) is 9.59 Å². The first-order valence-electron chi connectivity index (χ1n) is 3.93. The van der Waals surface area contributed by atoms with Crippen LogP contribution in [0.5, 0.6) is 0 Å². The molecule has 1 heterocycles. The summed E-state index contributed by atoms with van der Waals surface area (Å²) in [6.07, 6.45) is 1.09. The summed E-state index contributed by atoms with van der Waals surface area (Å²) < 4.78 is 9.73. The lowest BCUT2D eigenvalue weighted by Crippen LogP contribution is -2.35. The summed E-state index contributed by atoms with van der Waals surface area (Å²) in [5, 5.41) is 0. The highest BCUT2D eigenvalue weighted by Gasteiger charge is 2.29. The number of cyclic esters (lactones) is 2. The van der Waals surface area contributed by atoms with Gasteiger partial charge >= 0.3 is 11.9 Å². The molecule has 0 spiro atoms. The van der Waals surface area contributed by atoms with Crippen LogP contribution in [0.3, 0.4) is 0 Å². The molecule has 1 aliphatic rings. The number of hydrogen-bond donors (Lipinski definition) is 0. The number of ether oxygens (including phenoxy) is 2. The van der Waals surface area contributed by atoms with Gasteiger partial charge in [0, 0.05) is 26.7 Å². The lowest BCUT2D eigenvalue weighted by Gasteiger charge is -2.26. The van der Waals surface area contributed by atoms with E-state index >= 15 is 0 Å². The first-order valence-corrected chi connectivity index (χ1v) is 3.93. The van der Waals surface area contributed by atoms with E-state index in [0.717, 1.165) is 0 Å². The lowest BCUT2D eigenvalue weighted by atomic mass is 10.2. The van der Waals surface area contributed by atoms with Crippen LogP contribution in [0, 0.1) is 0 Å². The monoisotopic (exact) mass is 172 g/mol. The van der Waals surface area contributed by atoms with E-state index in [1.807, 2.05) is 0 Å². The van der Waals surface area contributed by atoms with E-state index in [-0.39, 0.29) is 11.9 Å². The molecule has 1 fully saturated rings. The first kappa shape index (κ1) is 9.03. The molecule has 0 saturated carbocycles. The van der Waals surface area contributed by atoms with E-state index in [9.17, 15) is 9.59 Å². The van der Waals surface area contributed by atoms with Gasteiger partial charge in [0.2, 0.25) is 0 Å². The lowest BCUT2D eigenvalue weighted by molar-refractivity contribution is -0.219. The van der Waals surface area contributed by atoms with Gasteiger partial charge in [-0.1, -0.05) is 0 Å². The molecule has 0 aromatic rings. The van der Waals surface area contributed by atoms with Gasteiger partial charge in [-0.25, -0.2) is 0 Å². The number of carbonyl (C=O) groups excluding carboxylic acids is 2. The second kappa shape index (κ2) is 3.13. The van der Waals surface area contributed by atoms with Crippen LogP contribution >= 0.6 is 0 Å². The highest BCUT2D eigenvalue weighted by Crippen LogP contribution is 2.17. The third-order valence-corrected chi connectivity index (χ3v) is 1.48. The minimum Gasteiger partial charge on any atom is -0.423 e. The number of rotatable bonds is 0. The Balaban J connectivity index is 2.64. The summed E-state index contributed by atoms with van der Waals surface area (Å²) in [5.74, 6) is -1.73. The minimum absolute atomic E-state index is 0.290.